The minimum atomic E-state index is -4.31. The van der Waals surface area contributed by atoms with Crippen molar-refractivity contribution in [2.75, 3.05) is 6.79 Å². The molecule has 1 saturated heterocycles. The quantitative estimate of drug-likeness (QED) is 0.762. The van der Waals surface area contributed by atoms with Crippen LogP contribution in [0.3, 0.4) is 0 Å². The zero-order valence-electron chi connectivity index (χ0n) is 10.0. The molecular weight excluding hydrogens is 245 g/mol. The van der Waals surface area contributed by atoms with Crippen LogP contribution >= 0.6 is 0 Å². The van der Waals surface area contributed by atoms with Gasteiger partial charge in [0.1, 0.15) is 11.4 Å². The summed E-state index contributed by atoms with van der Waals surface area (Å²) >= 11 is 0. The van der Waals surface area contributed by atoms with Crippen molar-refractivity contribution in [2.24, 2.45) is 0 Å². The van der Waals surface area contributed by atoms with Gasteiger partial charge in [0.25, 0.3) is 0 Å². The second-order valence-corrected chi connectivity index (χ2v) is 4.55. The SMILES string of the molecule is CC1(C)OCOC1=Cc1ccc(C(F)(F)F)cc1. The highest BCUT2D eigenvalue weighted by Gasteiger charge is 2.32. The summed E-state index contributed by atoms with van der Waals surface area (Å²) in [4.78, 5) is 0. The summed E-state index contributed by atoms with van der Waals surface area (Å²) < 4.78 is 47.8. The molecule has 0 bridgehead atoms. The molecule has 0 unspecified atom stereocenters. The molecule has 0 saturated carbocycles. The second kappa shape index (κ2) is 4.31. The monoisotopic (exact) mass is 258 g/mol. The number of halogens is 3. The number of rotatable bonds is 1. The molecule has 98 valence electrons. The highest BCUT2D eigenvalue weighted by Crippen LogP contribution is 2.32. The molecule has 5 heteroatoms. The normalized spacial score (nSPS) is 21.1. The van der Waals surface area contributed by atoms with Crippen molar-refractivity contribution in [1.29, 1.82) is 0 Å². The summed E-state index contributed by atoms with van der Waals surface area (Å²) in [7, 11) is 0. The Bertz CT molecular complexity index is 458. The molecule has 0 N–H and O–H groups in total. The van der Waals surface area contributed by atoms with E-state index >= 15 is 0 Å². The molecule has 0 radical (unpaired) electrons. The van der Waals surface area contributed by atoms with Crippen molar-refractivity contribution >= 4 is 6.08 Å². The molecule has 2 rings (SSSR count). The Kier molecular flexibility index (Phi) is 3.11. The first-order valence-electron chi connectivity index (χ1n) is 5.45. The standard InChI is InChI=1S/C13H13F3O2/c1-12(2)11(17-8-18-12)7-9-3-5-10(6-4-9)13(14,15)16/h3-7H,8H2,1-2H3. The zero-order valence-corrected chi connectivity index (χ0v) is 10.0. The summed E-state index contributed by atoms with van der Waals surface area (Å²) in [6.45, 7) is 3.85. The summed E-state index contributed by atoms with van der Waals surface area (Å²) in [6, 6.07) is 4.92. The van der Waals surface area contributed by atoms with E-state index in [1.807, 2.05) is 13.8 Å². The first-order valence-corrected chi connectivity index (χ1v) is 5.45. The average Bonchev–Trinajstić information content (AvgIpc) is 2.58. The Morgan fingerprint density at radius 2 is 1.78 bits per heavy atom. The molecule has 18 heavy (non-hydrogen) atoms. The van der Waals surface area contributed by atoms with Crippen LogP contribution in [-0.4, -0.2) is 12.4 Å². The van der Waals surface area contributed by atoms with E-state index in [4.69, 9.17) is 9.47 Å². The van der Waals surface area contributed by atoms with Gasteiger partial charge < -0.3 is 9.47 Å². The van der Waals surface area contributed by atoms with Crippen LogP contribution in [0.15, 0.2) is 30.0 Å². The first kappa shape index (κ1) is 13.0. The van der Waals surface area contributed by atoms with Crippen molar-refractivity contribution in [2.45, 2.75) is 25.6 Å². The lowest BCUT2D eigenvalue weighted by atomic mass is 10.0. The molecule has 1 aromatic rings. The van der Waals surface area contributed by atoms with Gasteiger partial charge >= 0.3 is 6.18 Å². The van der Waals surface area contributed by atoms with Crippen LogP contribution in [0.2, 0.25) is 0 Å². The maximum Gasteiger partial charge on any atom is 0.416 e. The van der Waals surface area contributed by atoms with Gasteiger partial charge in [0.05, 0.1) is 5.56 Å². The van der Waals surface area contributed by atoms with Gasteiger partial charge in [-0.15, -0.1) is 0 Å². The first-order chi connectivity index (χ1) is 8.29. The van der Waals surface area contributed by atoms with E-state index in [-0.39, 0.29) is 6.79 Å². The van der Waals surface area contributed by atoms with E-state index in [2.05, 4.69) is 0 Å². The largest absolute Gasteiger partial charge is 0.469 e. The minimum Gasteiger partial charge on any atom is -0.469 e. The molecule has 0 spiro atoms. The lowest BCUT2D eigenvalue weighted by Crippen LogP contribution is -2.19. The molecule has 1 heterocycles. The van der Waals surface area contributed by atoms with Crippen LogP contribution in [-0.2, 0) is 15.7 Å². The Balaban J connectivity index is 2.24. The van der Waals surface area contributed by atoms with Gasteiger partial charge in [-0.1, -0.05) is 12.1 Å². The van der Waals surface area contributed by atoms with Gasteiger partial charge in [-0.2, -0.15) is 13.2 Å². The van der Waals surface area contributed by atoms with Gasteiger partial charge in [0, 0.05) is 0 Å². The molecule has 0 atom stereocenters. The summed E-state index contributed by atoms with van der Waals surface area (Å²) in [5.41, 5.74) is -0.549. The minimum absolute atomic E-state index is 0.166. The molecule has 2 nitrogen and oxygen atoms in total. The van der Waals surface area contributed by atoms with Crippen molar-refractivity contribution in [3.63, 3.8) is 0 Å². The Morgan fingerprint density at radius 3 is 2.22 bits per heavy atom. The smallest absolute Gasteiger partial charge is 0.416 e. The van der Waals surface area contributed by atoms with Crippen LogP contribution < -0.4 is 0 Å². The third-order valence-corrected chi connectivity index (χ3v) is 2.76. The van der Waals surface area contributed by atoms with E-state index in [1.165, 1.54) is 12.1 Å². The van der Waals surface area contributed by atoms with Crippen LogP contribution in [0, 0.1) is 0 Å². The Labute approximate surface area is 103 Å². The van der Waals surface area contributed by atoms with Crippen LogP contribution in [0.4, 0.5) is 13.2 Å². The highest BCUT2D eigenvalue weighted by molar-refractivity contribution is 5.54. The predicted octanol–water partition coefficient (Wildman–Crippen LogP) is 3.83. The number of alkyl halides is 3. The maximum absolute atomic E-state index is 12.4. The van der Waals surface area contributed by atoms with E-state index in [9.17, 15) is 13.2 Å². The van der Waals surface area contributed by atoms with Gasteiger partial charge in [-0.25, -0.2) is 0 Å². The van der Waals surface area contributed by atoms with Crippen LogP contribution in [0.25, 0.3) is 6.08 Å². The maximum atomic E-state index is 12.4. The predicted molar refractivity (Wildman–Crippen MR) is 60.5 cm³/mol. The van der Waals surface area contributed by atoms with E-state index < -0.39 is 17.3 Å². The molecule has 1 aliphatic heterocycles. The molecule has 1 aromatic carbocycles. The van der Waals surface area contributed by atoms with Crippen molar-refractivity contribution in [3.05, 3.63) is 41.2 Å². The van der Waals surface area contributed by atoms with Crippen LogP contribution in [0.1, 0.15) is 25.0 Å². The summed E-state index contributed by atoms with van der Waals surface area (Å²) in [5.74, 6) is 0.613. The summed E-state index contributed by atoms with van der Waals surface area (Å²) in [5, 5.41) is 0. The second-order valence-electron chi connectivity index (χ2n) is 4.55. The van der Waals surface area contributed by atoms with Gasteiger partial charge in [0.15, 0.2) is 6.79 Å². The van der Waals surface area contributed by atoms with Crippen LogP contribution in [0.5, 0.6) is 0 Å². The van der Waals surface area contributed by atoms with E-state index in [0.717, 1.165) is 12.1 Å². The van der Waals surface area contributed by atoms with Crippen molar-refractivity contribution in [1.82, 2.24) is 0 Å². The molecule has 0 amide bonds. The fraction of sp³-hybridized carbons (Fsp3) is 0.385. The van der Waals surface area contributed by atoms with E-state index in [0.29, 0.717) is 11.3 Å². The highest BCUT2D eigenvalue weighted by atomic mass is 19.4. The fourth-order valence-corrected chi connectivity index (χ4v) is 1.62. The summed E-state index contributed by atoms with van der Waals surface area (Å²) in [6.07, 6.45) is -2.62. The molecule has 0 aromatic heterocycles. The van der Waals surface area contributed by atoms with Gasteiger partial charge in [-0.3, -0.25) is 0 Å². The third kappa shape index (κ3) is 2.67. The number of hydrogen-bond acceptors (Lipinski definition) is 2. The number of ether oxygens (including phenoxy) is 2. The van der Waals surface area contributed by atoms with Gasteiger partial charge in [-0.05, 0) is 37.6 Å². The molecule has 1 fully saturated rings. The number of hydrogen-bond donors (Lipinski definition) is 0. The van der Waals surface area contributed by atoms with Crippen molar-refractivity contribution in [3.8, 4) is 0 Å². The topological polar surface area (TPSA) is 18.5 Å². The molecule has 1 aliphatic rings. The Hall–Kier alpha value is -1.49. The van der Waals surface area contributed by atoms with Crippen molar-refractivity contribution < 1.29 is 22.6 Å². The fourth-order valence-electron chi connectivity index (χ4n) is 1.62. The Morgan fingerprint density at radius 1 is 1.17 bits per heavy atom. The third-order valence-electron chi connectivity index (χ3n) is 2.76. The molecular formula is C13H13F3O2. The number of benzene rings is 1. The van der Waals surface area contributed by atoms with Gasteiger partial charge in [0.2, 0.25) is 0 Å². The molecule has 0 aliphatic carbocycles. The lowest BCUT2D eigenvalue weighted by molar-refractivity contribution is -0.137. The zero-order chi connectivity index (χ0) is 13.4. The average molecular weight is 258 g/mol. The lowest BCUT2D eigenvalue weighted by Gasteiger charge is -2.15. The van der Waals surface area contributed by atoms with E-state index in [1.54, 1.807) is 6.08 Å².